The fourth-order valence-corrected chi connectivity index (χ4v) is 4.22. The number of aromatic nitrogens is 2. The van der Waals surface area contributed by atoms with Crippen LogP contribution in [-0.2, 0) is 11.3 Å². The summed E-state index contributed by atoms with van der Waals surface area (Å²) in [4.78, 5) is 13.8. The molecule has 0 unspecified atom stereocenters. The van der Waals surface area contributed by atoms with Crippen LogP contribution in [0, 0.1) is 5.92 Å². The van der Waals surface area contributed by atoms with E-state index in [0.29, 0.717) is 0 Å². The van der Waals surface area contributed by atoms with Crippen LogP contribution in [0.4, 0.5) is 11.5 Å². The smallest absolute Gasteiger partial charge is 0.221 e. The zero-order chi connectivity index (χ0) is 22.2. The largest absolute Gasteiger partial charge is 0.369 e. The number of carbonyl (C=O) groups excluding carboxylic acids is 1. The summed E-state index contributed by atoms with van der Waals surface area (Å²) < 4.78 is 0. The highest BCUT2D eigenvalue weighted by molar-refractivity contribution is 5.89. The lowest BCUT2D eigenvalue weighted by molar-refractivity contribution is -0.114. The summed E-state index contributed by atoms with van der Waals surface area (Å²) >= 11 is 0. The van der Waals surface area contributed by atoms with Gasteiger partial charge in [0, 0.05) is 31.3 Å². The standard InChI is InChI=1S/C26H31N5O/c1-20(32)28-24-9-5-8-23(18-24)25-10-11-26(30-29-25)27-15-12-21-13-16-31(17-14-21)19-22-6-3-2-4-7-22/h2-11,18,21H,12-17,19H2,1H3,(H,27,30)(H,28,32). The van der Waals surface area contributed by atoms with Gasteiger partial charge in [-0.2, -0.15) is 0 Å². The van der Waals surface area contributed by atoms with Crippen LogP contribution in [0.3, 0.4) is 0 Å². The van der Waals surface area contributed by atoms with E-state index in [4.69, 9.17) is 0 Å². The molecule has 6 heteroatoms. The Morgan fingerprint density at radius 3 is 2.53 bits per heavy atom. The third-order valence-electron chi connectivity index (χ3n) is 5.96. The van der Waals surface area contributed by atoms with E-state index in [1.54, 1.807) is 0 Å². The molecule has 0 spiro atoms. The molecule has 0 saturated carbocycles. The average Bonchev–Trinajstić information content (AvgIpc) is 2.81. The molecule has 0 radical (unpaired) electrons. The first kappa shape index (κ1) is 22.0. The normalized spacial score (nSPS) is 14.8. The number of amides is 1. The lowest BCUT2D eigenvalue weighted by Gasteiger charge is -2.32. The highest BCUT2D eigenvalue weighted by Gasteiger charge is 2.19. The van der Waals surface area contributed by atoms with Gasteiger partial charge in [-0.05, 0) is 68.1 Å². The molecule has 2 heterocycles. The number of anilines is 2. The molecule has 0 bridgehead atoms. The maximum atomic E-state index is 11.3. The molecule has 32 heavy (non-hydrogen) atoms. The second-order valence-electron chi connectivity index (χ2n) is 8.49. The molecule has 166 valence electrons. The topological polar surface area (TPSA) is 70.2 Å². The van der Waals surface area contributed by atoms with Crippen molar-refractivity contribution in [2.45, 2.75) is 32.7 Å². The molecule has 3 aromatic rings. The van der Waals surface area contributed by atoms with Crippen molar-refractivity contribution < 1.29 is 4.79 Å². The van der Waals surface area contributed by atoms with Gasteiger partial charge >= 0.3 is 0 Å². The van der Waals surface area contributed by atoms with Gasteiger partial charge in [0.1, 0.15) is 5.82 Å². The lowest BCUT2D eigenvalue weighted by Crippen LogP contribution is -2.33. The minimum Gasteiger partial charge on any atom is -0.369 e. The first-order valence-electron chi connectivity index (χ1n) is 11.4. The molecule has 0 atom stereocenters. The van der Waals surface area contributed by atoms with Gasteiger partial charge < -0.3 is 10.6 Å². The van der Waals surface area contributed by atoms with E-state index in [1.165, 1.54) is 38.4 Å². The summed E-state index contributed by atoms with van der Waals surface area (Å²) in [7, 11) is 0. The van der Waals surface area contributed by atoms with Crippen LogP contribution in [0.15, 0.2) is 66.7 Å². The number of carbonyl (C=O) groups is 1. The van der Waals surface area contributed by atoms with Gasteiger partial charge in [0.25, 0.3) is 0 Å². The second-order valence-corrected chi connectivity index (χ2v) is 8.49. The molecule has 6 nitrogen and oxygen atoms in total. The van der Waals surface area contributed by atoms with E-state index in [9.17, 15) is 4.79 Å². The van der Waals surface area contributed by atoms with Crippen LogP contribution in [0.5, 0.6) is 0 Å². The molecular weight excluding hydrogens is 398 g/mol. The van der Waals surface area contributed by atoms with Crippen molar-refractivity contribution in [2.24, 2.45) is 5.92 Å². The molecule has 2 aromatic carbocycles. The van der Waals surface area contributed by atoms with Crippen LogP contribution in [0.25, 0.3) is 11.3 Å². The minimum atomic E-state index is -0.0883. The first-order valence-corrected chi connectivity index (χ1v) is 11.4. The minimum absolute atomic E-state index is 0.0883. The van der Waals surface area contributed by atoms with E-state index < -0.39 is 0 Å². The zero-order valence-electron chi connectivity index (χ0n) is 18.6. The second kappa shape index (κ2) is 10.9. The number of rotatable bonds is 8. The Hall–Kier alpha value is -3.25. The quantitative estimate of drug-likeness (QED) is 0.537. The Balaban J connectivity index is 1.20. The molecule has 1 fully saturated rings. The Morgan fingerprint density at radius 2 is 1.81 bits per heavy atom. The van der Waals surface area contributed by atoms with Crippen LogP contribution < -0.4 is 10.6 Å². The van der Waals surface area contributed by atoms with Crippen molar-refractivity contribution in [1.82, 2.24) is 15.1 Å². The first-order chi connectivity index (χ1) is 15.7. The van der Waals surface area contributed by atoms with Crippen molar-refractivity contribution in [3.63, 3.8) is 0 Å². The molecule has 1 aromatic heterocycles. The fraction of sp³-hybridized carbons (Fsp3) is 0.346. The number of benzene rings is 2. The van der Waals surface area contributed by atoms with E-state index in [-0.39, 0.29) is 5.91 Å². The van der Waals surface area contributed by atoms with Gasteiger partial charge in [-0.15, -0.1) is 10.2 Å². The third kappa shape index (κ3) is 6.37. The summed E-state index contributed by atoms with van der Waals surface area (Å²) in [5.74, 6) is 1.47. The number of nitrogens with one attached hydrogen (secondary N) is 2. The highest BCUT2D eigenvalue weighted by atomic mass is 16.1. The molecule has 1 aliphatic rings. The van der Waals surface area contributed by atoms with Gasteiger partial charge in [-0.3, -0.25) is 9.69 Å². The monoisotopic (exact) mass is 429 g/mol. The summed E-state index contributed by atoms with van der Waals surface area (Å²) in [5, 5.41) is 14.9. The van der Waals surface area contributed by atoms with Crippen molar-refractivity contribution in [3.8, 4) is 11.3 Å². The molecule has 1 amide bonds. The number of nitrogens with zero attached hydrogens (tertiary/aromatic N) is 3. The van der Waals surface area contributed by atoms with Crippen LogP contribution in [-0.4, -0.2) is 40.6 Å². The Kier molecular flexibility index (Phi) is 7.46. The number of likely N-dealkylation sites (tertiary alicyclic amines) is 1. The Bertz CT molecular complexity index is 998. The third-order valence-corrected chi connectivity index (χ3v) is 5.96. The van der Waals surface area contributed by atoms with Crippen LogP contribution in [0.2, 0.25) is 0 Å². The number of hydrogen-bond donors (Lipinski definition) is 2. The predicted molar refractivity (Wildman–Crippen MR) is 129 cm³/mol. The number of piperidine rings is 1. The van der Waals surface area contributed by atoms with Gasteiger partial charge in [-0.1, -0.05) is 42.5 Å². The predicted octanol–water partition coefficient (Wildman–Crippen LogP) is 4.82. The molecule has 1 aliphatic heterocycles. The molecule has 0 aliphatic carbocycles. The highest BCUT2D eigenvalue weighted by Crippen LogP contribution is 2.23. The average molecular weight is 430 g/mol. The maximum absolute atomic E-state index is 11.3. The fourth-order valence-electron chi connectivity index (χ4n) is 4.22. The SMILES string of the molecule is CC(=O)Nc1cccc(-c2ccc(NCCC3CCN(Cc4ccccc4)CC3)nn2)c1. The van der Waals surface area contributed by atoms with E-state index in [2.05, 4.69) is 56.1 Å². The van der Waals surface area contributed by atoms with Gasteiger partial charge in [0.2, 0.25) is 5.91 Å². The van der Waals surface area contributed by atoms with E-state index >= 15 is 0 Å². The lowest BCUT2D eigenvalue weighted by atomic mass is 9.93. The molecule has 4 rings (SSSR count). The van der Waals surface area contributed by atoms with Crippen molar-refractivity contribution in [1.29, 1.82) is 0 Å². The van der Waals surface area contributed by atoms with E-state index in [0.717, 1.165) is 48.2 Å². The molecule has 2 N–H and O–H groups in total. The number of hydrogen-bond acceptors (Lipinski definition) is 5. The molecule has 1 saturated heterocycles. The van der Waals surface area contributed by atoms with Crippen molar-refractivity contribution in [2.75, 3.05) is 30.3 Å². The van der Waals surface area contributed by atoms with Crippen LogP contribution >= 0.6 is 0 Å². The van der Waals surface area contributed by atoms with E-state index in [1.807, 2.05) is 36.4 Å². The Morgan fingerprint density at radius 1 is 1.00 bits per heavy atom. The zero-order valence-corrected chi connectivity index (χ0v) is 18.6. The summed E-state index contributed by atoms with van der Waals surface area (Å²) in [6.45, 7) is 5.81. The van der Waals surface area contributed by atoms with Crippen molar-refractivity contribution >= 4 is 17.4 Å². The van der Waals surface area contributed by atoms with Crippen molar-refractivity contribution in [3.05, 3.63) is 72.3 Å². The van der Waals surface area contributed by atoms with Crippen LogP contribution in [0.1, 0.15) is 31.7 Å². The summed E-state index contributed by atoms with van der Waals surface area (Å²) in [6.07, 6.45) is 3.66. The van der Waals surface area contributed by atoms with Gasteiger partial charge in [0.15, 0.2) is 0 Å². The van der Waals surface area contributed by atoms with Gasteiger partial charge in [-0.25, -0.2) is 0 Å². The molecular formula is C26H31N5O. The maximum Gasteiger partial charge on any atom is 0.221 e. The van der Waals surface area contributed by atoms with Gasteiger partial charge in [0.05, 0.1) is 5.69 Å². The summed E-state index contributed by atoms with van der Waals surface area (Å²) in [5.41, 5.74) is 3.87. The summed E-state index contributed by atoms with van der Waals surface area (Å²) in [6, 6.07) is 22.3. The Labute approximate surface area is 190 Å².